The Bertz CT molecular complexity index is 638. The van der Waals surface area contributed by atoms with Crippen LogP contribution in [-0.2, 0) is 4.18 Å². The van der Waals surface area contributed by atoms with Crippen LogP contribution in [0.4, 0.5) is 0 Å². The minimum Gasteiger partial charge on any atom is -0.312 e. The summed E-state index contributed by atoms with van der Waals surface area (Å²) in [6, 6.07) is 0. The van der Waals surface area contributed by atoms with Gasteiger partial charge in [-0.15, -0.1) is 0 Å². The van der Waals surface area contributed by atoms with Crippen LogP contribution in [0.5, 0.6) is 0 Å². The molecule has 1 N–H and O–H groups in total. The van der Waals surface area contributed by atoms with Crippen molar-refractivity contribution in [2.24, 2.45) is 0 Å². The molecule has 2 aromatic rings. The van der Waals surface area contributed by atoms with Crippen molar-refractivity contribution in [1.29, 1.82) is 0 Å². The van der Waals surface area contributed by atoms with Crippen molar-refractivity contribution in [3.8, 4) is 0 Å². The van der Waals surface area contributed by atoms with Crippen molar-refractivity contribution < 1.29 is 4.18 Å². The van der Waals surface area contributed by atoms with Crippen LogP contribution in [0.3, 0.4) is 0 Å². The molecule has 0 aromatic carbocycles. The molecule has 0 saturated carbocycles. The second-order valence-electron chi connectivity index (χ2n) is 3.28. The molecule has 8 heteroatoms. The summed E-state index contributed by atoms with van der Waals surface area (Å²) >= 11 is 2.24. The summed E-state index contributed by atoms with van der Waals surface area (Å²) in [7, 11) is 0. The van der Waals surface area contributed by atoms with Gasteiger partial charge in [-0.25, -0.2) is 4.98 Å². The highest BCUT2D eigenvalue weighted by Gasteiger charge is 2.24. The highest BCUT2D eigenvalue weighted by atomic mass is 32.2. The van der Waals surface area contributed by atoms with Gasteiger partial charge < -0.3 is 4.98 Å². The molecule has 16 heavy (non-hydrogen) atoms. The molecule has 1 unspecified atom stereocenters. The molecule has 1 aliphatic rings. The van der Waals surface area contributed by atoms with E-state index < -0.39 is 0 Å². The number of hydrogen-bond acceptors (Lipinski definition) is 6. The Balaban J connectivity index is 2.31. The standard InChI is InChI=1S/C8H7N3O3S2/c12-7-5-6(9-3-10-7)11(8(13)16-5)4-1-2-15-14-4/h3-4H,1-2H2,(H,9,10,12). The maximum Gasteiger partial charge on any atom is 0.311 e. The molecule has 84 valence electrons. The molecule has 3 heterocycles. The van der Waals surface area contributed by atoms with Crippen LogP contribution >= 0.6 is 23.4 Å². The van der Waals surface area contributed by atoms with E-state index in [1.807, 2.05) is 0 Å². The average Bonchev–Trinajstić information content (AvgIpc) is 2.85. The van der Waals surface area contributed by atoms with Crippen LogP contribution in [0.2, 0.25) is 0 Å². The fraction of sp³-hybridized carbons (Fsp3) is 0.375. The molecule has 2 aromatic heterocycles. The summed E-state index contributed by atoms with van der Waals surface area (Å²) < 4.78 is 7.17. The fourth-order valence-corrected chi connectivity index (χ4v) is 3.22. The molecule has 1 saturated heterocycles. The second kappa shape index (κ2) is 3.72. The minimum absolute atomic E-state index is 0.202. The highest BCUT2D eigenvalue weighted by molar-refractivity contribution is 7.94. The lowest BCUT2D eigenvalue weighted by Gasteiger charge is -2.08. The molecule has 0 spiro atoms. The van der Waals surface area contributed by atoms with E-state index in [-0.39, 0.29) is 16.7 Å². The molecule has 1 atom stereocenters. The Morgan fingerprint density at radius 3 is 3.19 bits per heavy atom. The van der Waals surface area contributed by atoms with Crippen molar-refractivity contribution >= 4 is 33.7 Å². The summed E-state index contributed by atoms with van der Waals surface area (Å²) in [5.41, 5.74) is 0.128. The number of hydrogen-bond donors (Lipinski definition) is 1. The van der Waals surface area contributed by atoms with Crippen molar-refractivity contribution in [2.45, 2.75) is 12.6 Å². The van der Waals surface area contributed by atoms with Gasteiger partial charge in [0.25, 0.3) is 5.56 Å². The minimum atomic E-state index is -0.305. The van der Waals surface area contributed by atoms with Gasteiger partial charge in [-0.1, -0.05) is 11.3 Å². The lowest BCUT2D eigenvalue weighted by Crippen LogP contribution is -2.19. The summed E-state index contributed by atoms with van der Waals surface area (Å²) in [5, 5.41) is 0. The van der Waals surface area contributed by atoms with Crippen LogP contribution in [-0.4, -0.2) is 20.3 Å². The number of aromatic nitrogens is 3. The number of H-pyrrole nitrogens is 1. The van der Waals surface area contributed by atoms with E-state index in [1.54, 1.807) is 0 Å². The molecule has 1 aliphatic heterocycles. The van der Waals surface area contributed by atoms with Gasteiger partial charge in [0, 0.05) is 12.2 Å². The lowest BCUT2D eigenvalue weighted by atomic mass is 10.4. The van der Waals surface area contributed by atoms with Crippen LogP contribution in [0.1, 0.15) is 12.6 Å². The molecule has 3 rings (SSSR count). The van der Waals surface area contributed by atoms with E-state index in [1.165, 1.54) is 22.9 Å². The molecule has 0 amide bonds. The van der Waals surface area contributed by atoms with Gasteiger partial charge in [-0.2, -0.15) is 0 Å². The number of nitrogens with one attached hydrogen (secondary N) is 1. The zero-order chi connectivity index (χ0) is 11.1. The van der Waals surface area contributed by atoms with Gasteiger partial charge in [-0.05, 0) is 12.0 Å². The van der Waals surface area contributed by atoms with Crippen LogP contribution < -0.4 is 10.4 Å². The number of aromatic amines is 1. The number of fused-ring (bicyclic) bond motifs is 1. The molecule has 1 fully saturated rings. The molecular weight excluding hydrogens is 250 g/mol. The smallest absolute Gasteiger partial charge is 0.311 e. The number of thiazole rings is 1. The Kier molecular flexibility index (Phi) is 2.34. The van der Waals surface area contributed by atoms with E-state index >= 15 is 0 Å². The fourth-order valence-electron chi connectivity index (χ4n) is 1.61. The Morgan fingerprint density at radius 1 is 1.56 bits per heavy atom. The van der Waals surface area contributed by atoms with Gasteiger partial charge in [0.2, 0.25) is 0 Å². The van der Waals surface area contributed by atoms with Crippen LogP contribution in [0, 0.1) is 0 Å². The Hall–Kier alpha value is -1.12. The Labute approximate surface area is 97.5 Å². The van der Waals surface area contributed by atoms with Crippen LogP contribution in [0.15, 0.2) is 15.9 Å². The molecule has 6 nitrogen and oxygen atoms in total. The molecule has 0 radical (unpaired) electrons. The molecule has 0 aliphatic carbocycles. The van der Waals surface area contributed by atoms with Crippen molar-refractivity contribution in [1.82, 2.24) is 14.5 Å². The largest absolute Gasteiger partial charge is 0.312 e. The summed E-state index contributed by atoms with van der Waals surface area (Å²) in [6.07, 6.45) is 1.75. The first-order chi connectivity index (χ1) is 7.77. The normalized spacial score (nSPS) is 20.6. The average molecular weight is 257 g/mol. The van der Waals surface area contributed by atoms with Gasteiger partial charge in [0.05, 0.1) is 6.33 Å². The van der Waals surface area contributed by atoms with E-state index in [0.29, 0.717) is 10.3 Å². The van der Waals surface area contributed by atoms with Crippen molar-refractivity contribution in [2.75, 3.05) is 5.75 Å². The first-order valence-electron chi connectivity index (χ1n) is 4.64. The molecule has 0 bridgehead atoms. The van der Waals surface area contributed by atoms with E-state index in [4.69, 9.17) is 4.18 Å². The summed E-state index contributed by atoms with van der Waals surface area (Å²) in [5.74, 6) is 0.845. The predicted octanol–water partition coefficient (Wildman–Crippen LogP) is 0.713. The SMILES string of the molecule is O=c1[nH]cnc2c1sc(=O)n2C1CCSO1. The summed E-state index contributed by atoms with van der Waals surface area (Å²) in [6.45, 7) is 0. The monoisotopic (exact) mass is 257 g/mol. The Morgan fingerprint density at radius 2 is 2.44 bits per heavy atom. The first kappa shape index (κ1) is 10.1. The van der Waals surface area contributed by atoms with Gasteiger partial charge >= 0.3 is 4.87 Å². The van der Waals surface area contributed by atoms with E-state index in [0.717, 1.165) is 23.5 Å². The lowest BCUT2D eigenvalue weighted by molar-refractivity contribution is 0.184. The van der Waals surface area contributed by atoms with E-state index in [9.17, 15) is 9.59 Å². The molecular formula is C8H7N3O3S2. The first-order valence-corrected chi connectivity index (χ1v) is 6.37. The van der Waals surface area contributed by atoms with Gasteiger partial charge in [0.1, 0.15) is 4.70 Å². The van der Waals surface area contributed by atoms with Crippen LogP contribution in [0.25, 0.3) is 10.3 Å². The third-order valence-electron chi connectivity index (χ3n) is 2.32. The maximum atomic E-state index is 11.8. The summed E-state index contributed by atoms with van der Waals surface area (Å²) in [4.78, 5) is 29.5. The maximum absolute atomic E-state index is 11.8. The number of rotatable bonds is 1. The van der Waals surface area contributed by atoms with E-state index in [2.05, 4.69) is 9.97 Å². The third kappa shape index (κ3) is 1.41. The quantitative estimate of drug-likeness (QED) is 0.761. The zero-order valence-electron chi connectivity index (χ0n) is 8.00. The van der Waals surface area contributed by atoms with Crippen molar-refractivity contribution in [3.05, 3.63) is 26.3 Å². The topological polar surface area (TPSA) is 77.0 Å². The third-order valence-corrected chi connectivity index (χ3v) is 4.03. The highest BCUT2D eigenvalue weighted by Crippen LogP contribution is 2.30. The number of nitrogens with zero attached hydrogens (tertiary/aromatic N) is 2. The van der Waals surface area contributed by atoms with Crippen molar-refractivity contribution in [3.63, 3.8) is 0 Å². The van der Waals surface area contributed by atoms with Gasteiger partial charge in [0.15, 0.2) is 11.9 Å². The predicted molar refractivity (Wildman–Crippen MR) is 61.7 cm³/mol. The second-order valence-corrected chi connectivity index (χ2v) is 5.08. The zero-order valence-corrected chi connectivity index (χ0v) is 9.64. The van der Waals surface area contributed by atoms with Gasteiger partial charge in [-0.3, -0.25) is 18.3 Å².